The lowest BCUT2D eigenvalue weighted by atomic mass is 10.1. The second-order valence-electron chi connectivity index (χ2n) is 4.43. The summed E-state index contributed by atoms with van der Waals surface area (Å²) in [6.45, 7) is 1.48. The molecule has 7 nitrogen and oxygen atoms in total. The number of rotatable bonds is 2. The van der Waals surface area contributed by atoms with Crippen LogP contribution in [0.2, 0.25) is 0 Å². The number of hydrogen-bond acceptors (Lipinski definition) is 3. The highest BCUT2D eigenvalue weighted by molar-refractivity contribution is 7.99. The van der Waals surface area contributed by atoms with Crippen molar-refractivity contribution in [1.29, 1.82) is 0 Å². The first-order valence-corrected chi connectivity index (χ1v) is 7.63. The molecule has 1 amide bonds. The van der Waals surface area contributed by atoms with E-state index in [-0.39, 0.29) is 17.8 Å². The van der Waals surface area contributed by atoms with E-state index < -0.39 is 0 Å². The fraction of sp³-hybridized carbons (Fsp3) is 0.308. The first-order valence-electron chi connectivity index (χ1n) is 6.48. The molecular formula is C13H18N6OS. The highest BCUT2D eigenvalue weighted by atomic mass is 32.2. The molecule has 0 saturated carbocycles. The van der Waals surface area contributed by atoms with Gasteiger partial charge in [0.05, 0.1) is 11.3 Å². The minimum absolute atomic E-state index is 0.0489. The van der Waals surface area contributed by atoms with Crippen molar-refractivity contribution < 1.29 is 4.79 Å². The van der Waals surface area contributed by atoms with Gasteiger partial charge in [0.25, 0.3) is 5.91 Å². The lowest BCUT2D eigenvalue weighted by Gasteiger charge is -2.26. The van der Waals surface area contributed by atoms with Gasteiger partial charge in [0.15, 0.2) is 5.96 Å². The Morgan fingerprint density at radius 1 is 1.14 bits per heavy atom. The quantitative estimate of drug-likeness (QED) is 0.528. The van der Waals surface area contributed by atoms with E-state index in [1.54, 1.807) is 24.3 Å². The molecule has 1 aliphatic heterocycles. The summed E-state index contributed by atoms with van der Waals surface area (Å²) in [5.41, 5.74) is 17.1. The molecule has 6 N–H and O–H groups in total. The summed E-state index contributed by atoms with van der Waals surface area (Å²) in [6.07, 6.45) is 0. The highest BCUT2D eigenvalue weighted by Crippen LogP contribution is 2.22. The Bertz CT molecular complexity index is 576. The molecule has 112 valence electrons. The summed E-state index contributed by atoms with van der Waals surface area (Å²) in [4.78, 5) is 22.1. The van der Waals surface area contributed by atoms with Crippen LogP contribution in [0.25, 0.3) is 0 Å². The average Bonchev–Trinajstić information content (AvgIpc) is 2.47. The van der Waals surface area contributed by atoms with Crippen LogP contribution in [0.15, 0.2) is 34.3 Å². The number of carbonyl (C=O) groups is 1. The van der Waals surface area contributed by atoms with Crippen LogP contribution >= 0.6 is 11.8 Å². The third kappa shape index (κ3) is 4.12. The van der Waals surface area contributed by atoms with Gasteiger partial charge >= 0.3 is 0 Å². The van der Waals surface area contributed by atoms with Crippen molar-refractivity contribution >= 4 is 35.3 Å². The largest absolute Gasteiger partial charge is 0.370 e. The van der Waals surface area contributed by atoms with Gasteiger partial charge in [-0.05, 0) is 12.1 Å². The Hall–Kier alpha value is -2.22. The van der Waals surface area contributed by atoms with Crippen LogP contribution in [-0.2, 0) is 0 Å². The molecule has 0 unspecified atom stereocenters. The lowest BCUT2D eigenvalue weighted by Crippen LogP contribution is -2.37. The van der Waals surface area contributed by atoms with Gasteiger partial charge in [0, 0.05) is 24.6 Å². The summed E-state index contributed by atoms with van der Waals surface area (Å²) >= 11 is 1.85. The first kappa shape index (κ1) is 15.2. The molecular weight excluding hydrogens is 288 g/mol. The monoisotopic (exact) mass is 306 g/mol. The van der Waals surface area contributed by atoms with E-state index >= 15 is 0 Å². The van der Waals surface area contributed by atoms with Crippen LogP contribution in [-0.4, -0.2) is 47.3 Å². The van der Waals surface area contributed by atoms with E-state index in [1.807, 2.05) is 16.7 Å². The molecule has 0 aromatic heterocycles. The molecule has 1 aromatic carbocycles. The Morgan fingerprint density at radius 2 is 1.81 bits per heavy atom. The van der Waals surface area contributed by atoms with E-state index in [0.29, 0.717) is 11.3 Å². The summed E-state index contributed by atoms with van der Waals surface area (Å²) in [6, 6.07) is 7.01. The Kier molecular flexibility index (Phi) is 5.04. The third-order valence-electron chi connectivity index (χ3n) is 2.91. The maximum atomic E-state index is 12.5. The number of thioether (sulfide) groups is 1. The number of nitrogens with two attached hydrogens (primary N) is 3. The van der Waals surface area contributed by atoms with Gasteiger partial charge < -0.3 is 22.1 Å². The van der Waals surface area contributed by atoms with E-state index in [4.69, 9.17) is 17.2 Å². The number of para-hydroxylation sites is 1. The maximum absolute atomic E-state index is 12.5. The zero-order valence-electron chi connectivity index (χ0n) is 11.5. The van der Waals surface area contributed by atoms with Gasteiger partial charge in [-0.15, -0.1) is 0 Å². The van der Waals surface area contributed by atoms with E-state index in [0.717, 1.165) is 24.6 Å². The van der Waals surface area contributed by atoms with E-state index in [1.165, 1.54) is 0 Å². The zero-order chi connectivity index (χ0) is 15.2. The van der Waals surface area contributed by atoms with Crippen molar-refractivity contribution in [1.82, 2.24) is 4.90 Å². The van der Waals surface area contributed by atoms with Gasteiger partial charge in [-0.2, -0.15) is 16.8 Å². The molecule has 2 rings (SSSR count). The van der Waals surface area contributed by atoms with Crippen LogP contribution in [0.1, 0.15) is 10.4 Å². The molecule has 1 saturated heterocycles. The molecule has 1 aliphatic rings. The number of hydrogen-bond donors (Lipinski definition) is 3. The first-order chi connectivity index (χ1) is 10.1. The fourth-order valence-electron chi connectivity index (χ4n) is 1.97. The SMILES string of the molecule is NC(N)=NC(N)=Nc1ccccc1C(=O)N1CCSCC1. The molecule has 0 radical (unpaired) electrons. The van der Waals surface area contributed by atoms with Crippen molar-refractivity contribution in [2.45, 2.75) is 0 Å². The van der Waals surface area contributed by atoms with Gasteiger partial charge in [-0.25, -0.2) is 4.99 Å². The van der Waals surface area contributed by atoms with Crippen molar-refractivity contribution in [3.8, 4) is 0 Å². The van der Waals surface area contributed by atoms with Gasteiger partial charge in [0.1, 0.15) is 0 Å². The molecule has 8 heteroatoms. The Morgan fingerprint density at radius 3 is 2.48 bits per heavy atom. The lowest BCUT2D eigenvalue weighted by molar-refractivity contribution is 0.0773. The Balaban J connectivity index is 2.28. The van der Waals surface area contributed by atoms with Gasteiger partial charge in [-0.1, -0.05) is 12.1 Å². The smallest absolute Gasteiger partial charge is 0.256 e. The third-order valence-corrected chi connectivity index (χ3v) is 3.85. The summed E-state index contributed by atoms with van der Waals surface area (Å²) in [5, 5.41) is 0. The second kappa shape index (κ2) is 6.98. The van der Waals surface area contributed by atoms with Crippen LogP contribution in [0.4, 0.5) is 5.69 Å². The molecule has 0 bridgehead atoms. The fourth-order valence-corrected chi connectivity index (χ4v) is 2.87. The standard InChI is InChI=1S/C13H18N6OS/c14-12(15)18-13(16)17-10-4-2-1-3-9(10)11(20)19-5-7-21-8-6-19/h1-4H,5-8H2,(H6,14,15,16,17,18). The number of amides is 1. The van der Waals surface area contributed by atoms with Crippen molar-refractivity contribution in [2.75, 3.05) is 24.6 Å². The molecule has 0 spiro atoms. The number of nitrogens with zero attached hydrogens (tertiary/aromatic N) is 3. The summed E-state index contributed by atoms with van der Waals surface area (Å²) < 4.78 is 0. The second-order valence-corrected chi connectivity index (χ2v) is 5.65. The average molecular weight is 306 g/mol. The van der Waals surface area contributed by atoms with Gasteiger partial charge in [-0.3, -0.25) is 4.79 Å². The van der Waals surface area contributed by atoms with E-state index in [2.05, 4.69) is 9.98 Å². The minimum Gasteiger partial charge on any atom is -0.370 e. The van der Waals surface area contributed by atoms with Crippen molar-refractivity contribution in [3.05, 3.63) is 29.8 Å². The van der Waals surface area contributed by atoms with Crippen LogP contribution in [0.5, 0.6) is 0 Å². The Labute approximate surface area is 127 Å². The predicted molar refractivity (Wildman–Crippen MR) is 86.8 cm³/mol. The van der Waals surface area contributed by atoms with Crippen LogP contribution < -0.4 is 17.2 Å². The predicted octanol–water partition coefficient (Wildman–Crippen LogP) is 0.0952. The van der Waals surface area contributed by atoms with Crippen LogP contribution in [0.3, 0.4) is 0 Å². The number of aliphatic imine (C=N–C) groups is 2. The van der Waals surface area contributed by atoms with E-state index in [9.17, 15) is 4.79 Å². The normalized spacial score (nSPS) is 15.6. The van der Waals surface area contributed by atoms with Crippen LogP contribution in [0, 0.1) is 0 Å². The highest BCUT2D eigenvalue weighted by Gasteiger charge is 2.20. The number of guanidine groups is 2. The molecule has 1 aromatic rings. The number of benzene rings is 1. The van der Waals surface area contributed by atoms with Crippen molar-refractivity contribution in [2.24, 2.45) is 27.2 Å². The van der Waals surface area contributed by atoms with Gasteiger partial charge in [0.2, 0.25) is 5.96 Å². The minimum atomic E-state index is -0.173. The maximum Gasteiger partial charge on any atom is 0.256 e. The topological polar surface area (TPSA) is 123 Å². The molecule has 0 atom stereocenters. The molecule has 21 heavy (non-hydrogen) atoms. The zero-order valence-corrected chi connectivity index (χ0v) is 12.3. The molecule has 1 fully saturated rings. The molecule has 0 aliphatic carbocycles. The summed E-state index contributed by atoms with van der Waals surface area (Å²) in [5.74, 6) is 1.60. The number of carbonyl (C=O) groups excluding carboxylic acids is 1. The summed E-state index contributed by atoms with van der Waals surface area (Å²) in [7, 11) is 0. The van der Waals surface area contributed by atoms with Crippen molar-refractivity contribution in [3.63, 3.8) is 0 Å². The molecule has 1 heterocycles.